The molecule has 5 heteroatoms. The molecule has 0 saturated heterocycles. The van der Waals surface area contributed by atoms with Crippen LogP contribution in [0.3, 0.4) is 0 Å². The van der Waals surface area contributed by atoms with Crippen molar-refractivity contribution in [3.63, 3.8) is 0 Å². The number of nitrogen functional groups attached to an aromatic ring is 1. The van der Waals surface area contributed by atoms with Gasteiger partial charge in [0.15, 0.2) is 5.82 Å². The number of thiophene rings is 1. The van der Waals surface area contributed by atoms with Crippen molar-refractivity contribution in [2.24, 2.45) is 5.84 Å². The molecule has 0 spiro atoms. The first kappa shape index (κ1) is 14.0. The number of rotatable bonds is 4. The normalized spacial score (nSPS) is 11.0. The van der Waals surface area contributed by atoms with Gasteiger partial charge in [0.2, 0.25) is 0 Å². The van der Waals surface area contributed by atoms with Gasteiger partial charge < -0.3 is 5.43 Å². The van der Waals surface area contributed by atoms with E-state index in [0.717, 1.165) is 28.9 Å². The van der Waals surface area contributed by atoms with Gasteiger partial charge in [-0.2, -0.15) is 0 Å². The molecule has 3 aromatic rings. The minimum atomic E-state index is 0.708. The van der Waals surface area contributed by atoms with Crippen LogP contribution in [0, 0.1) is 6.92 Å². The third kappa shape index (κ3) is 2.75. The summed E-state index contributed by atoms with van der Waals surface area (Å²) in [6, 6.07) is 10.4. The van der Waals surface area contributed by atoms with Crippen LogP contribution in [0.15, 0.2) is 30.3 Å². The molecule has 0 fully saturated rings. The fraction of sp³-hybridized carbons (Fsp3) is 0.250. The number of nitrogens with zero attached hydrogens (tertiary/aromatic N) is 2. The molecule has 21 heavy (non-hydrogen) atoms. The van der Waals surface area contributed by atoms with Crippen molar-refractivity contribution in [1.29, 1.82) is 0 Å². The van der Waals surface area contributed by atoms with E-state index in [1.807, 2.05) is 12.1 Å². The molecule has 0 aliphatic rings. The van der Waals surface area contributed by atoms with Gasteiger partial charge in [-0.3, -0.25) is 0 Å². The fourth-order valence-electron chi connectivity index (χ4n) is 2.36. The van der Waals surface area contributed by atoms with Crippen LogP contribution in [0.25, 0.3) is 10.2 Å². The van der Waals surface area contributed by atoms with E-state index >= 15 is 0 Å². The molecule has 0 radical (unpaired) electrons. The highest BCUT2D eigenvalue weighted by Gasteiger charge is 2.11. The number of nitrogens with one attached hydrogen (secondary N) is 1. The van der Waals surface area contributed by atoms with Crippen LogP contribution in [0.4, 0.5) is 5.82 Å². The van der Waals surface area contributed by atoms with Crippen LogP contribution < -0.4 is 11.3 Å². The lowest BCUT2D eigenvalue weighted by Gasteiger charge is -2.07. The predicted molar refractivity (Wildman–Crippen MR) is 88.6 cm³/mol. The standard InChI is InChI=1S/C16H18N4S/c1-3-12-9-13-15(20-17)18-14(19-16(13)21-12)8-11-7-5-4-6-10(11)2/h4-7,9H,3,8,17H2,1-2H3,(H,18,19,20). The van der Waals surface area contributed by atoms with Crippen molar-refractivity contribution in [2.45, 2.75) is 26.7 Å². The molecule has 1 aromatic carbocycles. The highest BCUT2D eigenvalue weighted by molar-refractivity contribution is 7.18. The van der Waals surface area contributed by atoms with Crippen LogP contribution in [0.5, 0.6) is 0 Å². The molecule has 0 aliphatic carbocycles. The van der Waals surface area contributed by atoms with Gasteiger partial charge in [0, 0.05) is 11.3 Å². The lowest BCUT2D eigenvalue weighted by molar-refractivity contribution is 0.984. The van der Waals surface area contributed by atoms with Crippen molar-refractivity contribution < 1.29 is 0 Å². The Labute approximate surface area is 128 Å². The van der Waals surface area contributed by atoms with Gasteiger partial charge >= 0.3 is 0 Å². The second-order valence-corrected chi connectivity index (χ2v) is 6.14. The molecule has 0 unspecified atom stereocenters. The number of hydrogen-bond acceptors (Lipinski definition) is 5. The summed E-state index contributed by atoms with van der Waals surface area (Å²) >= 11 is 1.71. The molecule has 0 bridgehead atoms. The Morgan fingerprint density at radius 1 is 1.24 bits per heavy atom. The molecule has 3 rings (SSSR count). The van der Waals surface area contributed by atoms with Gasteiger partial charge in [-0.25, -0.2) is 15.8 Å². The smallest absolute Gasteiger partial charge is 0.152 e. The minimum Gasteiger partial charge on any atom is -0.308 e. The lowest BCUT2D eigenvalue weighted by Crippen LogP contribution is -2.11. The lowest BCUT2D eigenvalue weighted by atomic mass is 10.1. The van der Waals surface area contributed by atoms with Crippen LogP contribution in [-0.2, 0) is 12.8 Å². The highest BCUT2D eigenvalue weighted by Crippen LogP contribution is 2.29. The average Bonchev–Trinajstić information content (AvgIpc) is 2.92. The predicted octanol–water partition coefficient (Wildman–Crippen LogP) is 3.44. The molecule has 2 aromatic heterocycles. The molecular formula is C16H18N4S. The summed E-state index contributed by atoms with van der Waals surface area (Å²) in [4.78, 5) is 11.6. The van der Waals surface area contributed by atoms with Gasteiger partial charge in [-0.15, -0.1) is 11.3 Å². The van der Waals surface area contributed by atoms with Crippen molar-refractivity contribution >= 4 is 27.4 Å². The topological polar surface area (TPSA) is 63.8 Å². The van der Waals surface area contributed by atoms with Gasteiger partial charge in [-0.1, -0.05) is 31.2 Å². The molecular weight excluding hydrogens is 280 g/mol. The second-order valence-electron chi connectivity index (χ2n) is 5.02. The number of nitrogens with two attached hydrogens (primary N) is 1. The molecule has 0 aliphatic heterocycles. The van der Waals surface area contributed by atoms with Crippen LogP contribution >= 0.6 is 11.3 Å². The quantitative estimate of drug-likeness (QED) is 0.572. The summed E-state index contributed by atoms with van der Waals surface area (Å²) in [6.45, 7) is 4.25. The maximum Gasteiger partial charge on any atom is 0.152 e. The monoisotopic (exact) mass is 298 g/mol. The number of aromatic nitrogens is 2. The summed E-state index contributed by atoms with van der Waals surface area (Å²) in [6.07, 6.45) is 1.72. The molecule has 2 heterocycles. The summed E-state index contributed by atoms with van der Waals surface area (Å²) < 4.78 is 0. The zero-order chi connectivity index (χ0) is 14.8. The summed E-state index contributed by atoms with van der Waals surface area (Å²) in [5.41, 5.74) is 5.20. The van der Waals surface area contributed by atoms with Crippen molar-refractivity contribution in [3.05, 3.63) is 52.2 Å². The average molecular weight is 298 g/mol. The number of anilines is 1. The highest BCUT2D eigenvalue weighted by atomic mass is 32.1. The molecule has 108 valence electrons. The number of hydrazine groups is 1. The Balaban J connectivity index is 2.05. The van der Waals surface area contributed by atoms with Crippen molar-refractivity contribution in [1.82, 2.24) is 9.97 Å². The molecule has 0 saturated carbocycles. The Kier molecular flexibility index (Phi) is 3.86. The zero-order valence-corrected chi connectivity index (χ0v) is 13.0. The van der Waals surface area contributed by atoms with E-state index in [1.165, 1.54) is 16.0 Å². The van der Waals surface area contributed by atoms with Crippen LogP contribution in [-0.4, -0.2) is 9.97 Å². The first-order valence-electron chi connectivity index (χ1n) is 7.01. The summed E-state index contributed by atoms with van der Waals surface area (Å²) in [5.74, 6) is 7.13. The van der Waals surface area contributed by atoms with E-state index in [-0.39, 0.29) is 0 Å². The minimum absolute atomic E-state index is 0.708. The Morgan fingerprint density at radius 2 is 2.05 bits per heavy atom. The van der Waals surface area contributed by atoms with Gasteiger partial charge in [0.25, 0.3) is 0 Å². The fourth-order valence-corrected chi connectivity index (χ4v) is 3.34. The van der Waals surface area contributed by atoms with E-state index in [4.69, 9.17) is 10.8 Å². The number of benzene rings is 1. The van der Waals surface area contributed by atoms with Crippen LogP contribution in [0.2, 0.25) is 0 Å². The van der Waals surface area contributed by atoms with Gasteiger partial charge in [0.1, 0.15) is 10.7 Å². The van der Waals surface area contributed by atoms with E-state index in [9.17, 15) is 0 Å². The maximum atomic E-state index is 5.62. The molecule has 0 atom stereocenters. The van der Waals surface area contributed by atoms with E-state index in [1.54, 1.807) is 11.3 Å². The molecule has 4 nitrogen and oxygen atoms in total. The SMILES string of the molecule is CCc1cc2c(NN)nc(Cc3ccccc3C)nc2s1. The summed E-state index contributed by atoms with van der Waals surface area (Å²) in [5, 5.41) is 1.01. The van der Waals surface area contributed by atoms with E-state index < -0.39 is 0 Å². The van der Waals surface area contributed by atoms with Gasteiger partial charge in [-0.05, 0) is 30.5 Å². The summed E-state index contributed by atoms with van der Waals surface area (Å²) in [7, 11) is 0. The number of fused-ring (bicyclic) bond motifs is 1. The van der Waals surface area contributed by atoms with Gasteiger partial charge in [0.05, 0.1) is 5.39 Å². The Hall–Kier alpha value is -1.98. The Morgan fingerprint density at radius 3 is 2.76 bits per heavy atom. The Bertz CT molecular complexity index is 779. The van der Waals surface area contributed by atoms with Crippen LogP contribution in [0.1, 0.15) is 28.8 Å². The number of hydrogen-bond donors (Lipinski definition) is 2. The first-order chi connectivity index (χ1) is 10.2. The molecule has 0 amide bonds. The third-order valence-corrected chi connectivity index (χ3v) is 4.76. The van der Waals surface area contributed by atoms with E-state index in [0.29, 0.717) is 5.82 Å². The zero-order valence-electron chi connectivity index (χ0n) is 12.2. The second kappa shape index (κ2) is 5.79. The van der Waals surface area contributed by atoms with Crippen molar-refractivity contribution in [3.8, 4) is 0 Å². The molecule has 3 N–H and O–H groups in total. The first-order valence-corrected chi connectivity index (χ1v) is 7.83. The van der Waals surface area contributed by atoms with E-state index in [2.05, 4.69) is 42.5 Å². The third-order valence-electron chi connectivity index (χ3n) is 3.59. The van der Waals surface area contributed by atoms with Crippen molar-refractivity contribution in [2.75, 3.05) is 5.43 Å². The maximum absolute atomic E-state index is 5.62. The largest absolute Gasteiger partial charge is 0.308 e. The number of aryl methyl sites for hydroxylation is 2.